The van der Waals surface area contributed by atoms with E-state index in [2.05, 4.69) is 0 Å². The smallest absolute Gasteiger partial charge is 0.171 e. The number of halogens is 3. The first kappa shape index (κ1) is 7.38. The van der Waals surface area contributed by atoms with E-state index in [-0.39, 0.29) is 0 Å². The van der Waals surface area contributed by atoms with E-state index in [4.69, 9.17) is 0 Å². The third-order valence-corrected chi connectivity index (χ3v) is 1.28. The molecule has 0 aliphatic heterocycles. The van der Waals surface area contributed by atoms with Crippen LogP contribution in [-0.2, 0) is 0 Å². The maximum atomic E-state index is 11.6. The lowest BCUT2D eigenvalue weighted by atomic mass is 10.1. The first-order chi connectivity index (χ1) is 4.58. The van der Waals surface area contributed by atoms with Gasteiger partial charge in [0.2, 0.25) is 0 Å². The van der Waals surface area contributed by atoms with Gasteiger partial charge in [-0.05, 0) is 6.42 Å². The summed E-state index contributed by atoms with van der Waals surface area (Å²) in [6.07, 6.45) is 0.549. The predicted molar refractivity (Wildman–Crippen MR) is 32.5 cm³/mol. The molecule has 0 spiro atoms. The summed E-state index contributed by atoms with van der Waals surface area (Å²) in [5.41, 5.74) is 0.451. The van der Waals surface area contributed by atoms with Gasteiger partial charge in [-0.2, -0.15) is 13.2 Å². The molecular formula is C7H7F3. The van der Waals surface area contributed by atoms with Crippen LogP contribution in [0.25, 0.3) is 0 Å². The van der Waals surface area contributed by atoms with Gasteiger partial charge in [0.05, 0.1) is 6.42 Å². The number of hydrogen-bond donors (Lipinski definition) is 0. The maximum absolute atomic E-state index is 11.6. The van der Waals surface area contributed by atoms with Crippen molar-refractivity contribution in [3.05, 3.63) is 23.8 Å². The summed E-state index contributed by atoms with van der Waals surface area (Å²) in [7, 11) is 0. The van der Waals surface area contributed by atoms with Crippen LogP contribution in [0.4, 0.5) is 13.2 Å². The molecule has 0 bridgehead atoms. The molecule has 56 valence electrons. The Balaban J connectivity index is 2.41. The monoisotopic (exact) mass is 148 g/mol. The number of rotatable bonds is 1. The molecule has 0 heterocycles. The summed E-state index contributed by atoms with van der Waals surface area (Å²) < 4.78 is 34.9. The normalized spacial score (nSPS) is 17.7. The minimum Gasteiger partial charge on any atom is -0.171 e. The Morgan fingerprint density at radius 3 is 2.50 bits per heavy atom. The molecule has 0 amide bonds. The van der Waals surface area contributed by atoms with Crippen LogP contribution in [0.1, 0.15) is 12.8 Å². The first-order valence-corrected chi connectivity index (χ1v) is 2.99. The Morgan fingerprint density at radius 1 is 1.40 bits per heavy atom. The average molecular weight is 148 g/mol. The van der Waals surface area contributed by atoms with E-state index in [0.29, 0.717) is 12.0 Å². The SMILES string of the molecule is FC(F)(F)CC1=CC=CC1. The number of alkyl halides is 3. The average Bonchev–Trinajstić information content (AvgIpc) is 2.12. The Hall–Kier alpha value is -0.730. The Morgan fingerprint density at radius 2 is 2.10 bits per heavy atom. The second-order valence-corrected chi connectivity index (χ2v) is 2.25. The molecule has 0 nitrogen and oxygen atoms in total. The van der Waals surface area contributed by atoms with E-state index in [1.165, 1.54) is 6.08 Å². The Labute approximate surface area is 57.0 Å². The molecular weight excluding hydrogens is 141 g/mol. The van der Waals surface area contributed by atoms with Crippen LogP contribution >= 0.6 is 0 Å². The highest BCUT2D eigenvalue weighted by atomic mass is 19.4. The van der Waals surface area contributed by atoms with Gasteiger partial charge in [0, 0.05) is 0 Å². The van der Waals surface area contributed by atoms with E-state index in [1.54, 1.807) is 12.2 Å². The van der Waals surface area contributed by atoms with Crippen molar-refractivity contribution < 1.29 is 13.2 Å². The molecule has 1 aliphatic carbocycles. The lowest BCUT2D eigenvalue weighted by molar-refractivity contribution is -0.127. The van der Waals surface area contributed by atoms with Crippen molar-refractivity contribution in [2.45, 2.75) is 19.0 Å². The van der Waals surface area contributed by atoms with Crippen molar-refractivity contribution in [1.29, 1.82) is 0 Å². The van der Waals surface area contributed by atoms with Crippen LogP contribution < -0.4 is 0 Å². The highest BCUT2D eigenvalue weighted by Crippen LogP contribution is 2.27. The van der Waals surface area contributed by atoms with Gasteiger partial charge in [0.25, 0.3) is 0 Å². The predicted octanol–water partition coefficient (Wildman–Crippen LogP) is 2.83. The van der Waals surface area contributed by atoms with Crippen molar-refractivity contribution in [1.82, 2.24) is 0 Å². The molecule has 0 saturated heterocycles. The van der Waals surface area contributed by atoms with Crippen molar-refractivity contribution in [3.63, 3.8) is 0 Å². The van der Waals surface area contributed by atoms with Crippen LogP contribution in [0.5, 0.6) is 0 Å². The van der Waals surface area contributed by atoms with Gasteiger partial charge < -0.3 is 0 Å². The summed E-state index contributed by atoms with van der Waals surface area (Å²) in [4.78, 5) is 0. The summed E-state index contributed by atoms with van der Waals surface area (Å²) in [6, 6.07) is 0. The third-order valence-electron chi connectivity index (χ3n) is 1.28. The van der Waals surface area contributed by atoms with Crippen molar-refractivity contribution in [2.75, 3.05) is 0 Å². The van der Waals surface area contributed by atoms with Crippen LogP contribution in [0.3, 0.4) is 0 Å². The molecule has 1 aliphatic rings. The fourth-order valence-corrected chi connectivity index (χ4v) is 0.880. The van der Waals surface area contributed by atoms with Crippen LogP contribution in [0.15, 0.2) is 23.8 Å². The van der Waals surface area contributed by atoms with Crippen molar-refractivity contribution in [3.8, 4) is 0 Å². The molecule has 3 heteroatoms. The molecule has 1 rings (SSSR count). The van der Waals surface area contributed by atoms with E-state index >= 15 is 0 Å². The highest BCUT2D eigenvalue weighted by molar-refractivity contribution is 5.23. The van der Waals surface area contributed by atoms with Gasteiger partial charge in [0.1, 0.15) is 0 Å². The number of allylic oxidation sites excluding steroid dienone is 4. The first-order valence-electron chi connectivity index (χ1n) is 2.99. The lowest BCUT2D eigenvalue weighted by Crippen LogP contribution is -2.07. The molecule has 0 radical (unpaired) electrons. The summed E-state index contributed by atoms with van der Waals surface area (Å²) in [5, 5.41) is 0. The highest BCUT2D eigenvalue weighted by Gasteiger charge is 2.28. The Bertz CT molecular complexity index is 174. The fourth-order valence-electron chi connectivity index (χ4n) is 0.880. The van der Waals surface area contributed by atoms with Crippen LogP contribution in [0, 0.1) is 0 Å². The third kappa shape index (κ3) is 2.25. The molecule has 0 unspecified atom stereocenters. The minimum atomic E-state index is -4.04. The molecule has 10 heavy (non-hydrogen) atoms. The summed E-state index contributed by atoms with van der Waals surface area (Å²) in [5.74, 6) is 0. The number of hydrogen-bond acceptors (Lipinski definition) is 0. The van der Waals surface area contributed by atoms with Crippen LogP contribution in [0.2, 0.25) is 0 Å². The standard InChI is InChI=1S/C7H7F3/c8-7(9,10)5-6-3-1-2-4-6/h1-3H,4-5H2. The van der Waals surface area contributed by atoms with Crippen molar-refractivity contribution >= 4 is 0 Å². The zero-order valence-corrected chi connectivity index (χ0v) is 5.28. The van der Waals surface area contributed by atoms with Crippen LogP contribution in [-0.4, -0.2) is 6.18 Å². The topological polar surface area (TPSA) is 0 Å². The van der Waals surface area contributed by atoms with Gasteiger partial charge in [-0.25, -0.2) is 0 Å². The van der Waals surface area contributed by atoms with E-state index in [1.807, 2.05) is 0 Å². The van der Waals surface area contributed by atoms with Gasteiger partial charge in [0.15, 0.2) is 0 Å². The zero-order valence-electron chi connectivity index (χ0n) is 5.28. The molecule has 0 fully saturated rings. The molecule has 0 aromatic rings. The van der Waals surface area contributed by atoms with E-state index in [0.717, 1.165) is 0 Å². The van der Waals surface area contributed by atoms with Gasteiger partial charge >= 0.3 is 6.18 Å². The van der Waals surface area contributed by atoms with Gasteiger partial charge in [-0.1, -0.05) is 23.8 Å². The second-order valence-electron chi connectivity index (χ2n) is 2.25. The maximum Gasteiger partial charge on any atom is 0.392 e. The van der Waals surface area contributed by atoms with E-state index in [9.17, 15) is 13.2 Å². The summed E-state index contributed by atoms with van der Waals surface area (Å²) in [6.45, 7) is 0. The molecule has 0 N–H and O–H groups in total. The van der Waals surface area contributed by atoms with E-state index < -0.39 is 12.6 Å². The van der Waals surface area contributed by atoms with Gasteiger partial charge in [-0.3, -0.25) is 0 Å². The molecule has 0 aromatic heterocycles. The molecule has 0 saturated carbocycles. The quantitative estimate of drug-likeness (QED) is 0.536. The fraction of sp³-hybridized carbons (Fsp3) is 0.429. The largest absolute Gasteiger partial charge is 0.392 e. The van der Waals surface area contributed by atoms with Gasteiger partial charge in [-0.15, -0.1) is 0 Å². The van der Waals surface area contributed by atoms with Crippen molar-refractivity contribution in [2.24, 2.45) is 0 Å². The molecule has 0 atom stereocenters. The summed E-state index contributed by atoms with van der Waals surface area (Å²) >= 11 is 0. The zero-order chi connectivity index (χ0) is 7.61. The molecule has 0 aromatic carbocycles. The minimum absolute atomic E-state index is 0.451. The lowest BCUT2D eigenvalue weighted by Gasteiger charge is -2.05. The Kier molecular flexibility index (Phi) is 1.83. The second kappa shape index (κ2) is 2.48.